The summed E-state index contributed by atoms with van der Waals surface area (Å²) in [7, 11) is 0. The second-order valence-corrected chi connectivity index (χ2v) is 7.63. The first-order valence-electron chi connectivity index (χ1n) is 8.51. The van der Waals surface area contributed by atoms with Gasteiger partial charge >= 0.3 is 5.63 Å². The minimum absolute atomic E-state index is 0.333. The molecule has 1 N–H and O–H groups in total. The summed E-state index contributed by atoms with van der Waals surface area (Å²) < 4.78 is 5.62. The van der Waals surface area contributed by atoms with E-state index < -0.39 is 0 Å². The maximum atomic E-state index is 12.4. The van der Waals surface area contributed by atoms with Crippen molar-refractivity contribution in [3.05, 3.63) is 45.8 Å². The highest BCUT2D eigenvalue weighted by molar-refractivity contribution is 7.13. The van der Waals surface area contributed by atoms with Crippen molar-refractivity contribution in [3.8, 4) is 10.6 Å². The van der Waals surface area contributed by atoms with E-state index in [-0.39, 0.29) is 5.63 Å². The smallest absolute Gasteiger partial charge is 0.346 e. The van der Waals surface area contributed by atoms with Crippen LogP contribution in [-0.4, -0.2) is 30.2 Å². The molecule has 0 bridgehead atoms. The van der Waals surface area contributed by atoms with E-state index in [4.69, 9.17) is 4.42 Å². The first kappa shape index (κ1) is 16.3. The van der Waals surface area contributed by atoms with Crippen LogP contribution >= 0.6 is 11.3 Å². The summed E-state index contributed by atoms with van der Waals surface area (Å²) in [6, 6.07) is 8.83. The van der Waals surface area contributed by atoms with Crippen molar-refractivity contribution in [3.63, 3.8) is 0 Å². The molecule has 130 valence electrons. The Bertz CT molecular complexity index is 978. The molecule has 1 aliphatic rings. The van der Waals surface area contributed by atoms with Crippen LogP contribution < -0.4 is 15.8 Å². The fourth-order valence-electron chi connectivity index (χ4n) is 3.29. The number of benzene rings is 1. The van der Waals surface area contributed by atoms with Crippen molar-refractivity contribution in [2.45, 2.75) is 32.9 Å². The molecule has 5 nitrogen and oxygen atoms in total. The van der Waals surface area contributed by atoms with Gasteiger partial charge in [-0.2, -0.15) is 0 Å². The summed E-state index contributed by atoms with van der Waals surface area (Å²) >= 11 is 1.47. The average Bonchev–Trinajstić information content (AvgIpc) is 3.02. The predicted molar refractivity (Wildman–Crippen MR) is 103 cm³/mol. The maximum Gasteiger partial charge on any atom is 0.346 e. The van der Waals surface area contributed by atoms with Crippen molar-refractivity contribution in [1.82, 2.24) is 10.3 Å². The highest BCUT2D eigenvalue weighted by atomic mass is 32.1. The zero-order chi connectivity index (χ0) is 17.6. The molecular formula is C19H21N3O2S. The number of hydrogen-bond donors (Lipinski definition) is 1. The molecule has 2 aromatic heterocycles. The molecule has 3 aromatic rings. The first-order valence-corrected chi connectivity index (χ1v) is 9.39. The third-order valence-electron chi connectivity index (χ3n) is 4.66. The summed E-state index contributed by atoms with van der Waals surface area (Å²) in [5, 5.41) is 7.05. The van der Waals surface area contributed by atoms with Gasteiger partial charge in [0.15, 0.2) is 0 Å². The number of thiazole rings is 1. The molecule has 0 saturated carbocycles. The quantitative estimate of drug-likeness (QED) is 0.714. The Balaban J connectivity index is 1.76. The number of hydrogen-bond acceptors (Lipinski definition) is 6. The Kier molecular flexibility index (Phi) is 4.09. The standard InChI is InChI=1S/C19H21N3O2S/c1-11-9-22(13(3)8-20-11)15-5-4-14-6-16(18-21-12(2)10-25-18)19(23)24-17(14)7-15/h4-7,10-11,13,20H,8-9H2,1-3H3. The molecule has 2 unspecified atom stereocenters. The minimum Gasteiger partial charge on any atom is -0.422 e. The van der Waals surface area contributed by atoms with E-state index in [0.29, 0.717) is 28.2 Å². The first-order chi connectivity index (χ1) is 12.0. The van der Waals surface area contributed by atoms with E-state index >= 15 is 0 Å². The van der Waals surface area contributed by atoms with Gasteiger partial charge < -0.3 is 14.6 Å². The van der Waals surface area contributed by atoms with Crippen LogP contribution in [0.5, 0.6) is 0 Å². The number of anilines is 1. The fourth-order valence-corrected chi connectivity index (χ4v) is 4.09. The van der Waals surface area contributed by atoms with Gasteiger partial charge in [-0.3, -0.25) is 0 Å². The van der Waals surface area contributed by atoms with Gasteiger partial charge in [-0.25, -0.2) is 9.78 Å². The van der Waals surface area contributed by atoms with Gasteiger partial charge in [-0.1, -0.05) is 0 Å². The molecule has 0 amide bonds. The summed E-state index contributed by atoms with van der Waals surface area (Å²) in [6.45, 7) is 8.19. The summed E-state index contributed by atoms with van der Waals surface area (Å²) in [5.41, 5.74) is 2.83. The second-order valence-electron chi connectivity index (χ2n) is 6.77. The van der Waals surface area contributed by atoms with Gasteiger partial charge in [0, 0.05) is 53.4 Å². The third-order valence-corrected chi connectivity index (χ3v) is 5.66. The Morgan fingerprint density at radius 1 is 1.32 bits per heavy atom. The topological polar surface area (TPSA) is 58.4 Å². The van der Waals surface area contributed by atoms with Crippen LogP contribution in [0.1, 0.15) is 19.5 Å². The highest BCUT2D eigenvalue weighted by Crippen LogP contribution is 2.28. The van der Waals surface area contributed by atoms with Gasteiger partial charge in [0.1, 0.15) is 10.6 Å². The largest absolute Gasteiger partial charge is 0.422 e. The van der Waals surface area contributed by atoms with Crippen LogP contribution in [0.15, 0.2) is 38.9 Å². The molecule has 1 saturated heterocycles. The number of aromatic nitrogens is 1. The SMILES string of the molecule is Cc1csc(-c2cc3ccc(N4CC(C)NCC4C)cc3oc2=O)n1. The maximum absolute atomic E-state index is 12.4. The number of piperazine rings is 1. The summed E-state index contributed by atoms with van der Waals surface area (Å²) in [4.78, 5) is 19.2. The number of rotatable bonds is 2. The molecule has 2 atom stereocenters. The Morgan fingerprint density at radius 3 is 2.92 bits per heavy atom. The van der Waals surface area contributed by atoms with Crippen LogP contribution in [0, 0.1) is 6.92 Å². The molecular weight excluding hydrogens is 334 g/mol. The molecule has 1 fully saturated rings. The number of aryl methyl sites for hydroxylation is 1. The van der Waals surface area contributed by atoms with E-state index in [1.54, 1.807) is 0 Å². The molecule has 6 heteroatoms. The zero-order valence-electron chi connectivity index (χ0n) is 14.6. The fraction of sp³-hybridized carbons (Fsp3) is 0.368. The summed E-state index contributed by atoms with van der Waals surface area (Å²) in [5.74, 6) is 0. The van der Waals surface area contributed by atoms with Gasteiger partial charge in [0.05, 0.1) is 5.56 Å². The van der Waals surface area contributed by atoms with E-state index in [1.807, 2.05) is 30.5 Å². The number of nitrogens with one attached hydrogen (secondary N) is 1. The summed E-state index contributed by atoms with van der Waals surface area (Å²) in [6.07, 6.45) is 0. The van der Waals surface area contributed by atoms with Crippen molar-refractivity contribution in [2.24, 2.45) is 0 Å². The van der Waals surface area contributed by atoms with E-state index in [9.17, 15) is 4.79 Å². The third kappa shape index (κ3) is 3.07. The van der Waals surface area contributed by atoms with Crippen LogP contribution in [0.3, 0.4) is 0 Å². The average molecular weight is 355 g/mol. The second kappa shape index (κ2) is 6.28. The van der Waals surface area contributed by atoms with Crippen molar-refractivity contribution < 1.29 is 4.42 Å². The van der Waals surface area contributed by atoms with Crippen LogP contribution in [0.2, 0.25) is 0 Å². The van der Waals surface area contributed by atoms with Gasteiger partial charge in [-0.15, -0.1) is 11.3 Å². The van der Waals surface area contributed by atoms with Gasteiger partial charge in [0.2, 0.25) is 0 Å². The van der Waals surface area contributed by atoms with Gasteiger partial charge in [-0.05, 0) is 39.0 Å². The lowest BCUT2D eigenvalue weighted by Crippen LogP contribution is -2.54. The van der Waals surface area contributed by atoms with Crippen molar-refractivity contribution in [1.29, 1.82) is 0 Å². The van der Waals surface area contributed by atoms with Crippen molar-refractivity contribution in [2.75, 3.05) is 18.0 Å². The van der Waals surface area contributed by atoms with E-state index in [2.05, 4.69) is 35.1 Å². The lowest BCUT2D eigenvalue weighted by molar-refractivity contribution is 0.425. The minimum atomic E-state index is -0.333. The zero-order valence-corrected chi connectivity index (χ0v) is 15.4. The molecule has 1 aliphatic heterocycles. The molecule has 1 aromatic carbocycles. The number of fused-ring (bicyclic) bond motifs is 1. The molecule has 4 rings (SSSR count). The van der Waals surface area contributed by atoms with Crippen LogP contribution in [0.4, 0.5) is 5.69 Å². The molecule has 0 radical (unpaired) electrons. The predicted octanol–water partition coefficient (Wildman–Crippen LogP) is 3.41. The van der Waals surface area contributed by atoms with Crippen LogP contribution in [-0.2, 0) is 0 Å². The Morgan fingerprint density at radius 2 is 2.16 bits per heavy atom. The highest BCUT2D eigenvalue weighted by Gasteiger charge is 2.23. The normalized spacial score (nSPS) is 21.0. The molecule has 0 aliphatic carbocycles. The molecule has 3 heterocycles. The Labute approximate surface area is 150 Å². The Hall–Kier alpha value is -2.18. The van der Waals surface area contributed by atoms with Crippen molar-refractivity contribution >= 4 is 28.0 Å². The number of nitrogens with zero attached hydrogens (tertiary/aromatic N) is 2. The molecule has 25 heavy (non-hydrogen) atoms. The van der Waals surface area contributed by atoms with Crippen LogP contribution in [0.25, 0.3) is 21.5 Å². The van der Waals surface area contributed by atoms with E-state index in [1.165, 1.54) is 11.3 Å². The molecule has 0 spiro atoms. The lowest BCUT2D eigenvalue weighted by atomic mass is 10.1. The lowest BCUT2D eigenvalue weighted by Gasteiger charge is -2.39. The van der Waals surface area contributed by atoms with Gasteiger partial charge in [0.25, 0.3) is 0 Å². The monoisotopic (exact) mass is 355 g/mol. The van der Waals surface area contributed by atoms with E-state index in [0.717, 1.165) is 29.9 Å².